The Bertz CT molecular complexity index is 614. The lowest BCUT2D eigenvalue weighted by Gasteiger charge is -2.21. The van der Waals surface area contributed by atoms with Crippen molar-refractivity contribution in [1.29, 1.82) is 0 Å². The molecule has 124 valence electrons. The average molecular weight is 333 g/mol. The summed E-state index contributed by atoms with van der Waals surface area (Å²) in [6, 6.07) is 8.27. The molecule has 1 aromatic rings. The third-order valence-corrected chi connectivity index (χ3v) is 4.62. The molecule has 0 spiro atoms. The van der Waals surface area contributed by atoms with Crippen molar-refractivity contribution in [2.75, 3.05) is 12.4 Å². The molecule has 0 unspecified atom stereocenters. The molecule has 0 bridgehead atoms. The molecule has 0 aliphatic carbocycles. The van der Waals surface area contributed by atoms with E-state index >= 15 is 0 Å². The standard InChI is InChI=1S/C18H23NO3S/c1-5-22-17(21)10-16-19(15(20)12-23-16)11-13-6-8-14(9-7-13)18(2,3)4/h6-10H,5,11-12H2,1-4H3/b16-10-. The van der Waals surface area contributed by atoms with E-state index in [2.05, 4.69) is 32.9 Å². The highest BCUT2D eigenvalue weighted by atomic mass is 32.2. The number of carbonyl (C=O) groups excluding carboxylic acids is 2. The smallest absolute Gasteiger partial charge is 0.333 e. The predicted octanol–water partition coefficient (Wildman–Crippen LogP) is 3.46. The number of hydrogen-bond acceptors (Lipinski definition) is 4. The maximum Gasteiger partial charge on any atom is 0.333 e. The van der Waals surface area contributed by atoms with Gasteiger partial charge in [0.1, 0.15) is 0 Å². The number of thioether (sulfide) groups is 1. The highest BCUT2D eigenvalue weighted by Crippen LogP contribution is 2.31. The zero-order chi connectivity index (χ0) is 17.0. The van der Waals surface area contributed by atoms with Crippen LogP contribution < -0.4 is 0 Å². The summed E-state index contributed by atoms with van der Waals surface area (Å²) in [7, 11) is 0. The Morgan fingerprint density at radius 2 is 1.96 bits per heavy atom. The quantitative estimate of drug-likeness (QED) is 0.625. The molecule has 0 atom stereocenters. The van der Waals surface area contributed by atoms with Gasteiger partial charge < -0.3 is 9.64 Å². The fraction of sp³-hybridized carbons (Fsp3) is 0.444. The fourth-order valence-corrected chi connectivity index (χ4v) is 3.21. The first kappa shape index (κ1) is 17.6. The predicted molar refractivity (Wildman–Crippen MR) is 92.9 cm³/mol. The Morgan fingerprint density at radius 1 is 1.30 bits per heavy atom. The molecule has 0 radical (unpaired) electrons. The average Bonchev–Trinajstić information content (AvgIpc) is 2.80. The van der Waals surface area contributed by atoms with E-state index in [-0.39, 0.29) is 11.3 Å². The molecule has 1 amide bonds. The van der Waals surface area contributed by atoms with Gasteiger partial charge in [0.15, 0.2) is 0 Å². The molecule has 2 rings (SSSR count). The second-order valence-electron chi connectivity index (χ2n) is 6.45. The number of amides is 1. The Kier molecular flexibility index (Phi) is 5.52. The lowest BCUT2D eigenvalue weighted by molar-refractivity contribution is -0.137. The van der Waals surface area contributed by atoms with Crippen molar-refractivity contribution in [1.82, 2.24) is 4.90 Å². The summed E-state index contributed by atoms with van der Waals surface area (Å²) < 4.78 is 4.92. The summed E-state index contributed by atoms with van der Waals surface area (Å²) in [6.45, 7) is 9.07. The maximum absolute atomic E-state index is 12.1. The van der Waals surface area contributed by atoms with Gasteiger partial charge in [-0.05, 0) is 23.5 Å². The summed E-state index contributed by atoms with van der Waals surface area (Å²) in [4.78, 5) is 25.3. The molecule has 23 heavy (non-hydrogen) atoms. The maximum atomic E-state index is 12.1. The van der Waals surface area contributed by atoms with Crippen LogP contribution in [-0.2, 0) is 26.3 Å². The Hall–Kier alpha value is -1.75. The number of esters is 1. The van der Waals surface area contributed by atoms with E-state index < -0.39 is 5.97 Å². The van der Waals surface area contributed by atoms with E-state index in [1.165, 1.54) is 23.4 Å². The van der Waals surface area contributed by atoms with Gasteiger partial charge in [0.25, 0.3) is 0 Å². The minimum Gasteiger partial charge on any atom is -0.463 e. The second kappa shape index (κ2) is 7.21. The highest BCUT2D eigenvalue weighted by Gasteiger charge is 2.27. The molecule has 1 aliphatic rings. The van der Waals surface area contributed by atoms with Crippen LogP contribution >= 0.6 is 11.8 Å². The fourth-order valence-electron chi connectivity index (χ4n) is 2.28. The van der Waals surface area contributed by atoms with Crippen molar-refractivity contribution in [3.8, 4) is 0 Å². The summed E-state index contributed by atoms with van der Waals surface area (Å²) in [5, 5.41) is 0.661. The van der Waals surface area contributed by atoms with Crippen molar-refractivity contribution in [2.45, 2.75) is 39.7 Å². The van der Waals surface area contributed by atoms with Crippen LogP contribution in [0, 0.1) is 0 Å². The molecule has 5 heteroatoms. The molecule has 1 fully saturated rings. The molecular formula is C18H23NO3S. The topological polar surface area (TPSA) is 46.6 Å². The van der Waals surface area contributed by atoms with Crippen molar-refractivity contribution in [3.63, 3.8) is 0 Å². The Balaban J connectivity index is 2.13. The zero-order valence-electron chi connectivity index (χ0n) is 14.1. The number of benzene rings is 1. The third kappa shape index (κ3) is 4.61. The molecule has 1 aromatic carbocycles. The molecule has 0 saturated carbocycles. The molecule has 1 heterocycles. The van der Waals surface area contributed by atoms with Gasteiger partial charge in [0.2, 0.25) is 5.91 Å². The van der Waals surface area contributed by atoms with Crippen molar-refractivity contribution in [3.05, 3.63) is 46.5 Å². The zero-order valence-corrected chi connectivity index (χ0v) is 14.9. The van der Waals surface area contributed by atoms with Crippen molar-refractivity contribution in [2.24, 2.45) is 0 Å². The molecule has 0 aromatic heterocycles. The van der Waals surface area contributed by atoms with E-state index in [4.69, 9.17) is 4.74 Å². The van der Waals surface area contributed by atoms with Gasteiger partial charge in [-0.15, -0.1) is 0 Å². The number of rotatable bonds is 4. The molecule has 0 N–H and O–H groups in total. The van der Waals surface area contributed by atoms with Crippen LogP contribution in [0.1, 0.15) is 38.8 Å². The number of carbonyl (C=O) groups is 2. The molecule has 1 saturated heterocycles. The van der Waals surface area contributed by atoms with Crippen LogP contribution in [0.4, 0.5) is 0 Å². The number of hydrogen-bond donors (Lipinski definition) is 0. The first-order chi connectivity index (χ1) is 10.8. The SMILES string of the molecule is CCOC(=O)/C=C1\SCC(=O)N1Cc1ccc(C(C)(C)C)cc1. The van der Waals surface area contributed by atoms with Gasteiger partial charge >= 0.3 is 5.97 Å². The second-order valence-corrected chi connectivity index (χ2v) is 7.45. The largest absolute Gasteiger partial charge is 0.463 e. The van der Waals surface area contributed by atoms with Crippen LogP contribution in [0.5, 0.6) is 0 Å². The minimum absolute atomic E-state index is 0.0189. The van der Waals surface area contributed by atoms with Crippen LogP contribution in [0.15, 0.2) is 35.4 Å². The Morgan fingerprint density at radius 3 is 2.52 bits per heavy atom. The van der Waals surface area contributed by atoms with E-state index in [1.807, 2.05) is 12.1 Å². The summed E-state index contributed by atoms with van der Waals surface area (Å²) >= 11 is 1.38. The monoisotopic (exact) mass is 333 g/mol. The van der Waals surface area contributed by atoms with Crippen molar-refractivity contribution >= 4 is 23.6 Å². The van der Waals surface area contributed by atoms with Gasteiger partial charge in [-0.25, -0.2) is 4.79 Å². The van der Waals surface area contributed by atoms with Gasteiger partial charge in [0.05, 0.1) is 30.0 Å². The van der Waals surface area contributed by atoms with Gasteiger partial charge in [-0.3, -0.25) is 4.79 Å². The molecular weight excluding hydrogens is 310 g/mol. The number of nitrogens with zero attached hydrogens (tertiary/aromatic N) is 1. The van der Waals surface area contributed by atoms with Crippen molar-refractivity contribution < 1.29 is 14.3 Å². The van der Waals surface area contributed by atoms with E-state index in [0.29, 0.717) is 23.9 Å². The molecule has 1 aliphatic heterocycles. The minimum atomic E-state index is -0.405. The van der Waals surface area contributed by atoms with Crippen LogP contribution in [0.2, 0.25) is 0 Å². The normalized spacial score (nSPS) is 17.0. The lowest BCUT2D eigenvalue weighted by atomic mass is 9.87. The Labute approximate surface area is 141 Å². The molecule has 4 nitrogen and oxygen atoms in total. The van der Waals surface area contributed by atoms with E-state index in [1.54, 1.807) is 11.8 Å². The summed E-state index contributed by atoms with van der Waals surface area (Å²) in [5.74, 6) is -0.0195. The van der Waals surface area contributed by atoms with E-state index in [9.17, 15) is 9.59 Å². The first-order valence-corrected chi connectivity index (χ1v) is 8.71. The van der Waals surface area contributed by atoms with Crippen LogP contribution in [0.3, 0.4) is 0 Å². The van der Waals surface area contributed by atoms with Gasteiger partial charge in [0, 0.05) is 0 Å². The van der Waals surface area contributed by atoms with E-state index in [0.717, 1.165) is 5.56 Å². The first-order valence-electron chi connectivity index (χ1n) is 7.72. The highest BCUT2D eigenvalue weighted by molar-refractivity contribution is 8.04. The van der Waals surface area contributed by atoms with Crippen LogP contribution in [-0.4, -0.2) is 29.1 Å². The summed E-state index contributed by atoms with van der Waals surface area (Å²) in [6.07, 6.45) is 1.41. The third-order valence-electron chi connectivity index (χ3n) is 3.60. The lowest BCUT2D eigenvalue weighted by Crippen LogP contribution is -2.24. The number of ether oxygens (including phenoxy) is 1. The van der Waals surface area contributed by atoms with Gasteiger partial charge in [-0.1, -0.05) is 56.8 Å². The van der Waals surface area contributed by atoms with Gasteiger partial charge in [-0.2, -0.15) is 0 Å². The van der Waals surface area contributed by atoms with Crippen LogP contribution in [0.25, 0.3) is 0 Å². The summed E-state index contributed by atoms with van der Waals surface area (Å²) in [5.41, 5.74) is 2.40.